The van der Waals surface area contributed by atoms with Crippen LogP contribution >= 0.6 is 15.9 Å². The first-order valence-electron chi connectivity index (χ1n) is 11.1. The molecule has 0 unspecified atom stereocenters. The molecular weight excluding hydrogens is 542 g/mol. The molecule has 0 bridgehead atoms. The van der Waals surface area contributed by atoms with Crippen molar-refractivity contribution in [3.63, 3.8) is 0 Å². The molecule has 37 heavy (non-hydrogen) atoms. The average Bonchev–Trinajstić information content (AvgIpc) is 3.44. The fourth-order valence-corrected chi connectivity index (χ4v) is 4.16. The number of ether oxygens (including phenoxy) is 1. The summed E-state index contributed by atoms with van der Waals surface area (Å²) in [5.74, 6) is -2.08. The van der Waals surface area contributed by atoms with Gasteiger partial charge in [-0.1, -0.05) is 40.2 Å². The SMILES string of the molecule is COC(=O)C1=C(C)N(c2cccc(Br)c2)C(=O)/C1=C/c1ccc(CNC(=O)C(=O)Nc2ccccc2)o1. The second kappa shape index (κ2) is 11.1. The van der Waals surface area contributed by atoms with Gasteiger partial charge in [-0.2, -0.15) is 0 Å². The number of hydrogen-bond donors (Lipinski definition) is 2. The minimum absolute atomic E-state index is 0.0545. The molecule has 0 fully saturated rings. The summed E-state index contributed by atoms with van der Waals surface area (Å²) in [6.07, 6.45) is 1.45. The van der Waals surface area contributed by atoms with Crippen LogP contribution in [-0.2, 0) is 30.5 Å². The second-order valence-corrected chi connectivity index (χ2v) is 8.85. The van der Waals surface area contributed by atoms with Crippen LogP contribution in [-0.4, -0.2) is 30.8 Å². The first kappa shape index (κ1) is 25.6. The van der Waals surface area contributed by atoms with Gasteiger partial charge in [-0.3, -0.25) is 19.3 Å². The monoisotopic (exact) mass is 563 g/mol. The van der Waals surface area contributed by atoms with Gasteiger partial charge in [0.1, 0.15) is 11.5 Å². The van der Waals surface area contributed by atoms with E-state index in [0.717, 1.165) is 4.47 Å². The molecule has 2 N–H and O–H groups in total. The fraction of sp³-hybridized carbons (Fsp3) is 0.111. The Bertz CT molecular complexity index is 1440. The van der Waals surface area contributed by atoms with Crippen LogP contribution in [0.2, 0.25) is 0 Å². The molecule has 0 saturated heterocycles. The Balaban J connectivity index is 1.50. The van der Waals surface area contributed by atoms with Crippen LogP contribution in [0.4, 0.5) is 11.4 Å². The Labute approximate surface area is 220 Å². The molecule has 0 saturated carbocycles. The van der Waals surface area contributed by atoms with Crippen molar-refractivity contribution in [2.24, 2.45) is 0 Å². The predicted octanol–water partition coefficient (Wildman–Crippen LogP) is 4.17. The minimum Gasteiger partial charge on any atom is -0.465 e. The Hall–Kier alpha value is -4.44. The van der Waals surface area contributed by atoms with Gasteiger partial charge in [-0.25, -0.2) is 4.79 Å². The van der Waals surface area contributed by atoms with Crippen LogP contribution in [0.15, 0.2) is 92.5 Å². The van der Waals surface area contributed by atoms with Crippen LogP contribution < -0.4 is 15.5 Å². The molecule has 9 nitrogen and oxygen atoms in total. The largest absolute Gasteiger partial charge is 0.465 e. The fourth-order valence-electron chi connectivity index (χ4n) is 3.77. The van der Waals surface area contributed by atoms with Crippen molar-refractivity contribution in [1.82, 2.24) is 5.32 Å². The zero-order valence-corrected chi connectivity index (χ0v) is 21.5. The molecule has 1 aliphatic heterocycles. The Kier molecular flexibility index (Phi) is 7.69. The first-order chi connectivity index (χ1) is 17.8. The number of para-hydroxylation sites is 1. The van der Waals surface area contributed by atoms with Crippen molar-refractivity contribution in [2.45, 2.75) is 13.5 Å². The molecule has 1 aliphatic rings. The third kappa shape index (κ3) is 5.70. The minimum atomic E-state index is -0.831. The van der Waals surface area contributed by atoms with E-state index >= 15 is 0 Å². The summed E-state index contributed by atoms with van der Waals surface area (Å²) in [5.41, 5.74) is 1.73. The number of halogens is 1. The van der Waals surface area contributed by atoms with E-state index in [0.29, 0.717) is 22.8 Å². The molecule has 2 heterocycles. The van der Waals surface area contributed by atoms with Gasteiger partial charge >= 0.3 is 17.8 Å². The maximum absolute atomic E-state index is 13.4. The zero-order valence-electron chi connectivity index (χ0n) is 19.9. The van der Waals surface area contributed by atoms with E-state index in [-0.39, 0.29) is 23.5 Å². The quantitative estimate of drug-likeness (QED) is 0.264. The van der Waals surface area contributed by atoms with Crippen molar-refractivity contribution in [3.05, 3.63) is 99.6 Å². The molecule has 0 aliphatic carbocycles. The van der Waals surface area contributed by atoms with Crippen molar-refractivity contribution < 1.29 is 28.3 Å². The number of benzene rings is 2. The van der Waals surface area contributed by atoms with Gasteiger partial charge < -0.3 is 19.8 Å². The highest BCUT2D eigenvalue weighted by Gasteiger charge is 2.38. The van der Waals surface area contributed by atoms with Crippen LogP contribution in [0.5, 0.6) is 0 Å². The molecule has 0 atom stereocenters. The maximum atomic E-state index is 13.4. The molecule has 1 aromatic heterocycles. The van der Waals surface area contributed by atoms with Gasteiger partial charge in [0.15, 0.2) is 0 Å². The highest BCUT2D eigenvalue weighted by Crippen LogP contribution is 2.36. The molecule has 3 amide bonds. The lowest BCUT2D eigenvalue weighted by Crippen LogP contribution is -2.34. The van der Waals surface area contributed by atoms with Gasteiger partial charge in [0, 0.05) is 15.9 Å². The smallest absolute Gasteiger partial charge is 0.340 e. The third-order valence-corrected chi connectivity index (χ3v) is 5.98. The highest BCUT2D eigenvalue weighted by molar-refractivity contribution is 9.10. The Morgan fingerprint density at radius 3 is 2.49 bits per heavy atom. The second-order valence-electron chi connectivity index (χ2n) is 7.94. The topological polar surface area (TPSA) is 118 Å². The summed E-state index contributed by atoms with van der Waals surface area (Å²) >= 11 is 3.40. The first-order valence-corrected chi connectivity index (χ1v) is 11.9. The lowest BCUT2D eigenvalue weighted by molar-refractivity contribution is -0.136. The molecule has 3 aromatic rings. The number of allylic oxidation sites excluding steroid dienone is 1. The number of anilines is 2. The number of esters is 1. The van der Waals surface area contributed by atoms with E-state index in [1.54, 1.807) is 67.6 Å². The van der Waals surface area contributed by atoms with Gasteiger partial charge in [0.05, 0.1) is 30.5 Å². The van der Waals surface area contributed by atoms with E-state index in [1.807, 2.05) is 6.07 Å². The summed E-state index contributed by atoms with van der Waals surface area (Å²) < 4.78 is 11.4. The normalized spacial score (nSPS) is 14.2. The summed E-state index contributed by atoms with van der Waals surface area (Å²) in [6.45, 7) is 1.61. The Morgan fingerprint density at radius 1 is 1.03 bits per heavy atom. The van der Waals surface area contributed by atoms with E-state index in [1.165, 1.54) is 18.1 Å². The molecule has 0 radical (unpaired) electrons. The number of nitrogens with one attached hydrogen (secondary N) is 2. The molecule has 188 valence electrons. The zero-order chi connectivity index (χ0) is 26.5. The van der Waals surface area contributed by atoms with Gasteiger partial charge in [0.25, 0.3) is 5.91 Å². The van der Waals surface area contributed by atoms with Gasteiger partial charge in [-0.15, -0.1) is 0 Å². The van der Waals surface area contributed by atoms with Crippen LogP contribution in [0.1, 0.15) is 18.4 Å². The van der Waals surface area contributed by atoms with Crippen LogP contribution in [0.3, 0.4) is 0 Å². The maximum Gasteiger partial charge on any atom is 0.340 e. The van der Waals surface area contributed by atoms with Crippen molar-refractivity contribution in [3.8, 4) is 0 Å². The average molecular weight is 564 g/mol. The molecule has 10 heteroatoms. The predicted molar refractivity (Wildman–Crippen MR) is 140 cm³/mol. The number of hydrogen-bond acceptors (Lipinski definition) is 6. The van der Waals surface area contributed by atoms with E-state index < -0.39 is 23.7 Å². The van der Waals surface area contributed by atoms with Crippen LogP contribution in [0.25, 0.3) is 6.08 Å². The van der Waals surface area contributed by atoms with Gasteiger partial charge in [-0.05, 0) is 55.5 Å². The number of amides is 3. The number of methoxy groups -OCH3 is 1. The molecule has 2 aromatic carbocycles. The van der Waals surface area contributed by atoms with E-state index in [9.17, 15) is 19.2 Å². The molecule has 4 rings (SSSR count). The summed E-state index contributed by atoms with van der Waals surface area (Å²) in [5, 5.41) is 4.98. The van der Waals surface area contributed by atoms with Crippen molar-refractivity contribution in [2.75, 3.05) is 17.3 Å². The molecular formula is C27H22BrN3O6. The summed E-state index contributed by atoms with van der Waals surface area (Å²) in [6, 6.07) is 18.9. The number of rotatable bonds is 6. The highest BCUT2D eigenvalue weighted by atomic mass is 79.9. The van der Waals surface area contributed by atoms with E-state index in [2.05, 4.69) is 26.6 Å². The van der Waals surface area contributed by atoms with Gasteiger partial charge in [0.2, 0.25) is 0 Å². The van der Waals surface area contributed by atoms with E-state index in [4.69, 9.17) is 9.15 Å². The lowest BCUT2D eigenvalue weighted by Gasteiger charge is -2.18. The van der Waals surface area contributed by atoms with Crippen LogP contribution in [0, 0.1) is 0 Å². The summed E-state index contributed by atoms with van der Waals surface area (Å²) in [4.78, 5) is 51.6. The number of furan rings is 1. The summed E-state index contributed by atoms with van der Waals surface area (Å²) in [7, 11) is 1.24. The van der Waals surface area contributed by atoms with Crippen molar-refractivity contribution in [1.29, 1.82) is 0 Å². The lowest BCUT2D eigenvalue weighted by atomic mass is 10.1. The number of carbonyl (C=O) groups excluding carboxylic acids is 4. The number of carbonyl (C=O) groups is 4. The standard InChI is InChI=1S/C27H22BrN3O6/c1-16-23(27(35)36-2)22(26(34)31(16)19-10-6-7-17(28)13-19)14-20-11-12-21(37-20)15-29-24(32)25(33)30-18-8-4-3-5-9-18/h3-14H,15H2,1-2H3,(H,29,32)(H,30,33)/b22-14+. The van der Waals surface area contributed by atoms with Crippen molar-refractivity contribution >= 4 is 57.1 Å². The Morgan fingerprint density at radius 2 is 1.78 bits per heavy atom. The molecule has 0 spiro atoms. The third-order valence-electron chi connectivity index (χ3n) is 5.49. The number of nitrogens with zero attached hydrogens (tertiary/aromatic N) is 1.